The lowest BCUT2D eigenvalue weighted by Gasteiger charge is -2.16. The minimum absolute atomic E-state index is 0.504. The van der Waals surface area contributed by atoms with Gasteiger partial charge in [-0.15, -0.1) is 0 Å². The molecule has 4 rings (SSSR count). The Labute approximate surface area is 139 Å². The number of aryl methyl sites for hydroxylation is 2. The highest BCUT2D eigenvalue weighted by molar-refractivity contribution is 5.54. The zero-order valence-electron chi connectivity index (χ0n) is 13.8. The summed E-state index contributed by atoms with van der Waals surface area (Å²) in [6.07, 6.45) is 4.89. The van der Waals surface area contributed by atoms with Crippen LogP contribution < -0.4 is 4.90 Å². The van der Waals surface area contributed by atoms with Gasteiger partial charge in [0.05, 0.1) is 24.0 Å². The van der Waals surface area contributed by atoms with E-state index in [0.29, 0.717) is 23.8 Å². The molecule has 7 heteroatoms. The first kappa shape index (κ1) is 14.9. The highest BCUT2D eigenvalue weighted by Gasteiger charge is 2.17. The topological polar surface area (TPSA) is 81.1 Å². The van der Waals surface area contributed by atoms with E-state index in [9.17, 15) is 0 Å². The van der Waals surface area contributed by atoms with E-state index in [4.69, 9.17) is 9.05 Å². The van der Waals surface area contributed by atoms with Crippen molar-refractivity contribution >= 4 is 5.69 Å². The molecule has 0 saturated carbocycles. The Morgan fingerprint density at radius 3 is 2.58 bits per heavy atom. The summed E-state index contributed by atoms with van der Waals surface area (Å²) in [5.41, 5.74) is 3.70. The van der Waals surface area contributed by atoms with E-state index in [2.05, 4.69) is 31.2 Å². The predicted octanol–water partition coefficient (Wildman–Crippen LogP) is 2.93. The number of anilines is 1. The highest BCUT2D eigenvalue weighted by atomic mass is 16.5. The molecule has 0 aromatic carbocycles. The number of rotatable bonds is 4. The number of aromatic nitrogens is 4. The standard InChI is InChI=1S/C17H19N5O2/c1-11-14(12(2)23-20-11)9-16-19-17(21-24-16)15-6-5-13(10-18-15)22-7-3-4-8-22/h5-6,10H,3-4,7-9H2,1-2H3. The van der Waals surface area contributed by atoms with E-state index in [0.717, 1.165) is 35.8 Å². The van der Waals surface area contributed by atoms with Gasteiger partial charge in [0.1, 0.15) is 11.5 Å². The molecule has 0 radical (unpaired) electrons. The van der Waals surface area contributed by atoms with Crippen LogP contribution in [0.3, 0.4) is 0 Å². The Hall–Kier alpha value is -2.70. The van der Waals surface area contributed by atoms with Crippen LogP contribution in [0.2, 0.25) is 0 Å². The molecule has 3 aromatic heterocycles. The molecule has 0 atom stereocenters. The van der Waals surface area contributed by atoms with Crippen molar-refractivity contribution in [2.75, 3.05) is 18.0 Å². The van der Waals surface area contributed by atoms with Gasteiger partial charge < -0.3 is 13.9 Å². The molecule has 0 unspecified atom stereocenters. The molecule has 4 heterocycles. The third-order valence-corrected chi connectivity index (χ3v) is 4.43. The van der Waals surface area contributed by atoms with Crippen LogP contribution in [-0.2, 0) is 6.42 Å². The third-order valence-electron chi connectivity index (χ3n) is 4.43. The average molecular weight is 325 g/mol. The second-order valence-electron chi connectivity index (χ2n) is 6.09. The van der Waals surface area contributed by atoms with Crippen molar-refractivity contribution in [3.05, 3.63) is 41.2 Å². The lowest BCUT2D eigenvalue weighted by Crippen LogP contribution is -2.17. The quantitative estimate of drug-likeness (QED) is 0.729. The van der Waals surface area contributed by atoms with Gasteiger partial charge in [0.15, 0.2) is 0 Å². The normalized spacial score (nSPS) is 14.5. The van der Waals surface area contributed by atoms with Crippen molar-refractivity contribution in [3.63, 3.8) is 0 Å². The first-order valence-electron chi connectivity index (χ1n) is 8.16. The molecular weight excluding hydrogens is 306 g/mol. The Kier molecular flexibility index (Phi) is 3.76. The Morgan fingerprint density at radius 1 is 1.08 bits per heavy atom. The summed E-state index contributed by atoms with van der Waals surface area (Å²) >= 11 is 0. The minimum atomic E-state index is 0.504. The maximum Gasteiger partial charge on any atom is 0.231 e. The average Bonchev–Trinajstić information content (AvgIpc) is 3.33. The van der Waals surface area contributed by atoms with Gasteiger partial charge in [-0.2, -0.15) is 4.98 Å². The molecular formula is C17H19N5O2. The fraction of sp³-hybridized carbons (Fsp3) is 0.412. The van der Waals surface area contributed by atoms with Crippen LogP contribution in [-0.4, -0.2) is 33.4 Å². The summed E-state index contributed by atoms with van der Waals surface area (Å²) in [6.45, 7) is 5.99. The van der Waals surface area contributed by atoms with Crippen molar-refractivity contribution in [3.8, 4) is 11.5 Å². The Balaban J connectivity index is 1.52. The van der Waals surface area contributed by atoms with E-state index in [1.807, 2.05) is 26.1 Å². The minimum Gasteiger partial charge on any atom is -0.370 e. The summed E-state index contributed by atoms with van der Waals surface area (Å²) in [4.78, 5) is 11.3. The summed E-state index contributed by atoms with van der Waals surface area (Å²) in [6, 6.07) is 4.01. The van der Waals surface area contributed by atoms with E-state index in [-0.39, 0.29) is 0 Å². The van der Waals surface area contributed by atoms with E-state index < -0.39 is 0 Å². The van der Waals surface area contributed by atoms with Gasteiger partial charge in [-0.25, -0.2) is 0 Å². The number of hydrogen-bond acceptors (Lipinski definition) is 7. The first-order valence-corrected chi connectivity index (χ1v) is 8.16. The van der Waals surface area contributed by atoms with Crippen LogP contribution in [0, 0.1) is 13.8 Å². The predicted molar refractivity (Wildman–Crippen MR) is 87.8 cm³/mol. The maximum absolute atomic E-state index is 5.35. The summed E-state index contributed by atoms with van der Waals surface area (Å²) in [5.74, 6) is 1.81. The number of hydrogen-bond donors (Lipinski definition) is 0. The number of nitrogens with zero attached hydrogens (tertiary/aromatic N) is 5. The van der Waals surface area contributed by atoms with Crippen molar-refractivity contribution in [1.82, 2.24) is 20.3 Å². The molecule has 0 aliphatic carbocycles. The third kappa shape index (κ3) is 2.77. The van der Waals surface area contributed by atoms with Crippen molar-refractivity contribution in [1.29, 1.82) is 0 Å². The van der Waals surface area contributed by atoms with Gasteiger partial charge in [-0.3, -0.25) is 4.98 Å². The number of pyridine rings is 1. The smallest absolute Gasteiger partial charge is 0.231 e. The van der Waals surface area contributed by atoms with Crippen molar-refractivity contribution in [2.24, 2.45) is 0 Å². The van der Waals surface area contributed by atoms with Gasteiger partial charge in [0.25, 0.3) is 0 Å². The largest absolute Gasteiger partial charge is 0.370 e. The van der Waals surface area contributed by atoms with Crippen LogP contribution in [0.25, 0.3) is 11.5 Å². The molecule has 0 spiro atoms. The molecule has 24 heavy (non-hydrogen) atoms. The molecule has 1 fully saturated rings. The fourth-order valence-electron chi connectivity index (χ4n) is 3.02. The van der Waals surface area contributed by atoms with E-state index in [1.165, 1.54) is 12.8 Å². The zero-order chi connectivity index (χ0) is 16.5. The highest BCUT2D eigenvalue weighted by Crippen LogP contribution is 2.23. The molecule has 124 valence electrons. The summed E-state index contributed by atoms with van der Waals surface area (Å²) < 4.78 is 10.5. The maximum atomic E-state index is 5.35. The van der Waals surface area contributed by atoms with Crippen LogP contribution in [0.5, 0.6) is 0 Å². The van der Waals surface area contributed by atoms with E-state index >= 15 is 0 Å². The van der Waals surface area contributed by atoms with Gasteiger partial charge in [-0.1, -0.05) is 10.3 Å². The van der Waals surface area contributed by atoms with Gasteiger partial charge in [-0.05, 0) is 38.8 Å². The zero-order valence-corrected chi connectivity index (χ0v) is 13.8. The monoisotopic (exact) mass is 325 g/mol. The molecule has 1 saturated heterocycles. The molecule has 1 aliphatic rings. The SMILES string of the molecule is Cc1noc(C)c1Cc1nc(-c2ccc(N3CCCC3)cn2)no1. The first-order chi connectivity index (χ1) is 11.7. The van der Waals surface area contributed by atoms with Crippen LogP contribution in [0.15, 0.2) is 27.4 Å². The van der Waals surface area contributed by atoms with Crippen molar-refractivity contribution < 1.29 is 9.05 Å². The second kappa shape index (κ2) is 6.07. The van der Waals surface area contributed by atoms with E-state index in [1.54, 1.807) is 0 Å². The van der Waals surface area contributed by atoms with Gasteiger partial charge in [0, 0.05) is 18.7 Å². The van der Waals surface area contributed by atoms with Crippen LogP contribution in [0.4, 0.5) is 5.69 Å². The molecule has 0 bridgehead atoms. The van der Waals surface area contributed by atoms with Crippen LogP contribution in [0.1, 0.15) is 35.7 Å². The summed E-state index contributed by atoms with van der Waals surface area (Å²) in [5, 5.41) is 7.98. The Morgan fingerprint density at radius 2 is 1.92 bits per heavy atom. The fourth-order valence-corrected chi connectivity index (χ4v) is 3.02. The lowest BCUT2D eigenvalue weighted by atomic mass is 10.1. The molecule has 0 N–H and O–H groups in total. The van der Waals surface area contributed by atoms with Gasteiger partial charge >= 0.3 is 0 Å². The second-order valence-corrected chi connectivity index (χ2v) is 6.09. The molecule has 3 aromatic rings. The summed E-state index contributed by atoms with van der Waals surface area (Å²) in [7, 11) is 0. The molecule has 7 nitrogen and oxygen atoms in total. The lowest BCUT2D eigenvalue weighted by molar-refractivity contribution is 0.381. The van der Waals surface area contributed by atoms with Gasteiger partial charge in [0.2, 0.25) is 11.7 Å². The van der Waals surface area contributed by atoms with Crippen LogP contribution >= 0.6 is 0 Å². The Bertz CT molecular complexity index is 812. The van der Waals surface area contributed by atoms with Crippen molar-refractivity contribution in [2.45, 2.75) is 33.1 Å². The molecule has 1 aliphatic heterocycles. The molecule has 0 amide bonds.